The van der Waals surface area contributed by atoms with E-state index in [1.807, 2.05) is 26.0 Å². The highest BCUT2D eigenvalue weighted by Crippen LogP contribution is 2.29. The average molecular weight is 328 g/mol. The number of amides is 1. The molecule has 0 aliphatic carbocycles. The van der Waals surface area contributed by atoms with Gasteiger partial charge in [0, 0.05) is 23.5 Å². The summed E-state index contributed by atoms with van der Waals surface area (Å²) >= 11 is 3.38. The number of halogens is 1. The smallest absolute Gasteiger partial charge is 0.331 e. The second kappa shape index (κ2) is 6.70. The van der Waals surface area contributed by atoms with Gasteiger partial charge in [0.15, 0.2) is 6.04 Å². The summed E-state index contributed by atoms with van der Waals surface area (Å²) in [6, 6.07) is 4.51. The lowest BCUT2D eigenvalue weighted by Crippen LogP contribution is -2.38. The van der Waals surface area contributed by atoms with Crippen molar-refractivity contribution in [3.8, 4) is 0 Å². The zero-order valence-corrected chi connectivity index (χ0v) is 12.9. The minimum absolute atomic E-state index is 0.235. The van der Waals surface area contributed by atoms with Crippen LogP contribution in [0.5, 0.6) is 0 Å². The number of carboxylic acid groups (broad SMARTS) is 1. The second-order valence-corrected chi connectivity index (χ2v) is 5.33. The van der Waals surface area contributed by atoms with Gasteiger partial charge in [0.25, 0.3) is 0 Å². The van der Waals surface area contributed by atoms with Crippen LogP contribution < -0.4 is 0 Å². The maximum absolute atomic E-state index is 11.7. The molecule has 1 amide bonds. The fraction of sp³-hybridized carbons (Fsp3) is 0.429. The first-order chi connectivity index (χ1) is 8.88. The van der Waals surface area contributed by atoms with Crippen LogP contribution in [0.3, 0.4) is 0 Å². The van der Waals surface area contributed by atoms with Crippen molar-refractivity contribution in [2.24, 2.45) is 0 Å². The van der Waals surface area contributed by atoms with Gasteiger partial charge in [-0.3, -0.25) is 4.79 Å². The number of nitrogens with zero attached hydrogens (tertiary/aromatic N) is 1. The first-order valence-electron chi connectivity index (χ1n) is 6.14. The van der Waals surface area contributed by atoms with Crippen molar-refractivity contribution < 1.29 is 14.7 Å². The number of rotatable bonds is 5. The molecule has 0 radical (unpaired) electrons. The number of hydrogen-bond acceptors (Lipinski definition) is 2. The predicted molar refractivity (Wildman–Crippen MR) is 76.9 cm³/mol. The molecule has 1 aromatic rings. The summed E-state index contributed by atoms with van der Waals surface area (Å²) in [7, 11) is 0. The molecule has 0 aromatic heterocycles. The van der Waals surface area contributed by atoms with Crippen molar-refractivity contribution in [3.63, 3.8) is 0 Å². The lowest BCUT2D eigenvalue weighted by atomic mass is 10.0. The van der Waals surface area contributed by atoms with Gasteiger partial charge in [-0.2, -0.15) is 0 Å². The number of aryl methyl sites for hydroxylation is 1. The molecule has 0 spiro atoms. The van der Waals surface area contributed by atoms with Crippen molar-refractivity contribution in [2.75, 3.05) is 6.54 Å². The Balaban J connectivity index is 3.26. The molecule has 0 heterocycles. The topological polar surface area (TPSA) is 57.6 Å². The Morgan fingerprint density at radius 3 is 2.47 bits per heavy atom. The zero-order valence-electron chi connectivity index (χ0n) is 11.3. The molecule has 104 valence electrons. The molecular weight excluding hydrogens is 310 g/mol. The van der Waals surface area contributed by atoms with Gasteiger partial charge >= 0.3 is 5.97 Å². The van der Waals surface area contributed by atoms with Gasteiger partial charge in [-0.1, -0.05) is 35.0 Å². The monoisotopic (exact) mass is 327 g/mol. The molecule has 4 nitrogen and oxygen atoms in total. The largest absolute Gasteiger partial charge is 0.479 e. The molecule has 0 fully saturated rings. The summed E-state index contributed by atoms with van der Waals surface area (Å²) in [6.07, 6.45) is 0.715. The molecule has 0 saturated heterocycles. The van der Waals surface area contributed by atoms with E-state index in [2.05, 4.69) is 15.9 Å². The van der Waals surface area contributed by atoms with E-state index in [1.165, 1.54) is 11.8 Å². The highest BCUT2D eigenvalue weighted by molar-refractivity contribution is 9.10. The van der Waals surface area contributed by atoms with Gasteiger partial charge in [0.1, 0.15) is 0 Å². The van der Waals surface area contributed by atoms with Crippen molar-refractivity contribution in [2.45, 2.75) is 33.2 Å². The number of carboxylic acids is 1. The molecule has 0 aliphatic heterocycles. The molecule has 1 rings (SSSR count). The van der Waals surface area contributed by atoms with Crippen LogP contribution in [0.1, 0.15) is 37.4 Å². The number of carbonyl (C=O) groups excluding carboxylic acids is 1. The van der Waals surface area contributed by atoms with Crippen LogP contribution in [-0.2, 0) is 9.59 Å². The maximum Gasteiger partial charge on any atom is 0.331 e. The van der Waals surface area contributed by atoms with E-state index in [0.29, 0.717) is 23.0 Å². The van der Waals surface area contributed by atoms with Gasteiger partial charge in [0.2, 0.25) is 5.91 Å². The van der Waals surface area contributed by atoms with E-state index in [0.717, 1.165) is 5.56 Å². The third-order valence-electron chi connectivity index (χ3n) is 2.87. The summed E-state index contributed by atoms with van der Waals surface area (Å²) in [5.74, 6) is -1.25. The summed E-state index contributed by atoms with van der Waals surface area (Å²) in [5.41, 5.74) is 1.63. The van der Waals surface area contributed by atoms with E-state index in [4.69, 9.17) is 0 Å². The molecule has 1 aromatic carbocycles. The molecule has 1 N–H and O–H groups in total. The average Bonchev–Trinajstić information content (AvgIpc) is 2.30. The normalized spacial score (nSPS) is 12.0. The molecular formula is C14H18BrNO3. The summed E-state index contributed by atoms with van der Waals surface area (Å²) in [5, 5.41) is 9.45. The first-order valence-corrected chi connectivity index (χ1v) is 6.93. The number of aliphatic carboxylic acids is 1. The Morgan fingerprint density at radius 2 is 2.05 bits per heavy atom. The van der Waals surface area contributed by atoms with Gasteiger partial charge in [0.05, 0.1) is 0 Å². The fourth-order valence-corrected chi connectivity index (χ4v) is 2.71. The van der Waals surface area contributed by atoms with Gasteiger partial charge in [-0.25, -0.2) is 4.79 Å². The van der Waals surface area contributed by atoms with Crippen LogP contribution in [0.15, 0.2) is 22.7 Å². The third kappa shape index (κ3) is 3.80. The highest BCUT2D eigenvalue weighted by Gasteiger charge is 2.30. The van der Waals surface area contributed by atoms with Crippen LogP contribution in [0.2, 0.25) is 0 Å². The first kappa shape index (κ1) is 15.7. The SMILES string of the molecule is CCCN(C(C)=O)C(C(=O)O)c1ccc(C)cc1Br. The van der Waals surface area contributed by atoms with E-state index in [9.17, 15) is 14.7 Å². The lowest BCUT2D eigenvalue weighted by Gasteiger charge is -2.28. The van der Waals surface area contributed by atoms with Gasteiger partial charge in [-0.15, -0.1) is 0 Å². The van der Waals surface area contributed by atoms with E-state index in [-0.39, 0.29) is 5.91 Å². The molecule has 0 saturated carbocycles. The predicted octanol–water partition coefficient (Wildman–Crippen LogP) is 3.14. The second-order valence-electron chi connectivity index (χ2n) is 4.48. The lowest BCUT2D eigenvalue weighted by molar-refractivity contribution is -0.149. The van der Waals surface area contributed by atoms with Gasteiger partial charge in [-0.05, 0) is 25.0 Å². The van der Waals surface area contributed by atoms with Crippen molar-refractivity contribution in [3.05, 3.63) is 33.8 Å². The number of carbonyl (C=O) groups is 2. The molecule has 1 atom stereocenters. The van der Waals surface area contributed by atoms with Crippen molar-refractivity contribution >= 4 is 27.8 Å². The molecule has 19 heavy (non-hydrogen) atoms. The fourth-order valence-electron chi connectivity index (χ4n) is 2.00. The van der Waals surface area contributed by atoms with Crippen LogP contribution in [0.25, 0.3) is 0 Å². The van der Waals surface area contributed by atoms with Crippen LogP contribution >= 0.6 is 15.9 Å². The minimum atomic E-state index is -1.02. The Hall–Kier alpha value is -1.36. The van der Waals surface area contributed by atoms with Crippen molar-refractivity contribution in [1.82, 2.24) is 4.90 Å². The van der Waals surface area contributed by atoms with E-state index < -0.39 is 12.0 Å². The number of benzene rings is 1. The Morgan fingerprint density at radius 1 is 1.42 bits per heavy atom. The van der Waals surface area contributed by atoms with E-state index >= 15 is 0 Å². The molecule has 5 heteroatoms. The van der Waals surface area contributed by atoms with Crippen molar-refractivity contribution in [1.29, 1.82) is 0 Å². The van der Waals surface area contributed by atoms with Crippen LogP contribution in [-0.4, -0.2) is 28.4 Å². The minimum Gasteiger partial charge on any atom is -0.479 e. The maximum atomic E-state index is 11.7. The molecule has 0 bridgehead atoms. The molecule has 1 unspecified atom stereocenters. The van der Waals surface area contributed by atoms with Gasteiger partial charge < -0.3 is 10.0 Å². The Labute approximate surface area is 121 Å². The standard InChI is InChI=1S/C14H18BrNO3/c1-4-7-16(10(3)17)13(14(18)19)11-6-5-9(2)8-12(11)15/h5-6,8,13H,4,7H2,1-3H3,(H,18,19). The van der Waals surface area contributed by atoms with Crippen LogP contribution in [0, 0.1) is 6.92 Å². The Bertz CT molecular complexity index is 488. The zero-order chi connectivity index (χ0) is 14.6. The molecule has 0 aliphatic rings. The summed E-state index contributed by atoms with van der Waals surface area (Å²) < 4.78 is 0.710. The summed E-state index contributed by atoms with van der Waals surface area (Å²) in [6.45, 7) is 5.67. The number of hydrogen-bond donors (Lipinski definition) is 1. The highest BCUT2D eigenvalue weighted by atomic mass is 79.9. The quantitative estimate of drug-likeness (QED) is 0.903. The van der Waals surface area contributed by atoms with Crippen LogP contribution in [0.4, 0.5) is 0 Å². The summed E-state index contributed by atoms with van der Waals surface area (Å²) in [4.78, 5) is 24.6. The Kier molecular flexibility index (Phi) is 5.54. The third-order valence-corrected chi connectivity index (χ3v) is 3.55. The van der Waals surface area contributed by atoms with E-state index in [1.54, 1.807) is 6.07 Å².